The maximum Gasteiger partial charge on any atom is 0.177 e. The van der Waals surface area contributed by atoms with Crippen molar-refractivity contribution in [3.05, 3.63) is 44.2 Å². The minimum Gasteiger partial charge on any atom is -0.249 e. The van der Waals surface area contributed by atoms with Crippen LogP contribution in [0, 0.1) is 51.6 Å². The van der Waals surface area contributed by atoms with Crippen molar-refractivity contribution in [3.63, 3.8) is 0 Å². The summed E-state index contributed by atoms with van der Waals surface area (Å²) >= 11 is 0. The van der Waals surface area contributed by atoms with Crippen LogP contribution in [0.2, 0.25) is 0 Å². The summed E-state index contributed by atoms with van der Waals surface area (Å²) in [5.74, 6) is 0. The van der Waals surface area contributed by atoms with Crippen molar-refractivity contribution >= 4 is 13.2 Å². The van der Waals surface area contributed by atoms with E-state index < -0.39 is 0 Å². The third-order valence-corrected chi connectivity index (χ3v) is 2.65. The molecular weight excluding hydrogens is 266 g/mol. The first-order valence-electron chi connectivity index (χ1n) is 5.67. The Labute approximate surface area is 119 Å². The molecule has 0 bridgehead atoms. The van der Waals surface area contributed by atoms with Crippen LogP contribution in [0.15, 0.2) is 0 Å². The Hall–Kier alpha value is -3.63. The molecule has 0 fully saturated rings. The monoisotopic (exact) mass is 273 g/mol. The lowest BCUT2D eigenvalue weighted by atomic mass is 10.3. The third kappa shape index (κ3) is 2.30. The summed E-state index contributed by atoms with van der Waals surface area (Å²) in [6, 6.07) is 5.47. The Morgan fingerprint density at radius 2 is 1.14 bits per heavy atom. The maximum absolute atomic E-state index is 9.01. The van der Waals surface area contributed by atoms with E-state index in [0.717, 1.165) is 0 Å². The zero-order chi connectivity index (χ0) is 15.6. The van der Waals surface area contributed by atoms with Crippen LogP contribution in [0.4, 0.5) is 0 Å². The Kier molecular flexibility index (Phi) is 3.39. The van der Waals surface area contributed by atoms with Gasteiger partial charge in [-0.1, -0.05) is 13.2 Å². The lowest BCUT2D eigenvalue weighted by Crippen LogP contribution is -2.20. The highest BCUT2D eigenvalue weighted by Gasteiger charge is 2.07. The summed E-state index contributed by atoms with van der Waals surface area (Å²) < 4.78 is 0. The van der Waals surface area contributed by atoms with Crippen molar-refractivity contribution in [1.82, 2.24) is 19.9 Å². The molecule has 0 radical (unpaired) electrons. The second-order valence-electron chi connectivity index (χ2n) is 4.00. The van der Waals surface area contributed by atoms with Gasteiger partial charge in [-0.25, -0.2) is 19.9 Å². The molecule has 0 aliphatic carbocycles. The molecule has 0 spiro atoms. The average molecular weight is 273 g/mol. The lowest BCUT2D eigenvalue weighted by molar-refractivity contribution is 0.968. The predicted octanol–water partition coefficient (Wildman–Crippen LogP) is -0.702. The van der Waals surface area contributed by atoms with Crippen LogP contribution in [0.1, 0.15) is 22.8 Å². The van der Waals surface area contributed by atoms with E-state index in [1.165, 1.54) is 0 Å². The second kappa shape index (κ2) is 5.16. The van der Waals surface area contributed by atoms with E-state index in [1.807, 2.05) is 6.07 Å². The predicted molar refractivity (Wildman–Crippen MR) is 70.9 cm³/mol. The smallest absolute Gasteiger partial charge is 0.177 e. The maximum atomic E-state index is 9.01. The molecule has 2 heterocycles. The molecule has 98 valence electrons. The summed E-state index contributed by atoms with van der Waals surface area (Å²) in [5, 5.41) is 27.8. The highest BCUT2D eigenvalue weighted by molar-refractivity contribution is 5.35. The summed E-state index contributed by atoms with van der Waals surface area (Å²) in [6.45, 7) is 9.07. The van der Waals surface area contributed by atoms with Gasteiger partial charge in [0.05, 0.1) is 16.4 Å². The van der Waals surface area contributed by atoms with E-state index in [1.54, 1.807) is 19.1 Å². The largest absolute Gasteiger partial charge is 0.249 e. The second-order valence-corrected chi connectivity index (χ2v) is 4.00. The fourth-order valence-electron chi connectivity index (χ4n) is 1.68. The first-order valence-corrected chi connectivity index (χ1v) is 5.67. The van der Waals surface area contributed by atoms with Crippen molar-refractivity contribution < 1.29 is 0 Å². The normalized spacial score (nSPS) is 11.1. The van der Waals surface area contributed by atoms with E-state index in [9.17, 15) is 0 Å². The number of hydrogen-bond donors (Lipinski definition) is 0. The number of aromatic nitrogens is 4. The standard InChI is InChI=1S/C14H7N7/c1-7-10(4-15)20-13(8(2)18-7)14-9(3)19-11(5-16)12(6-17)21-14/h2-3H2,1H3/b14-13-. The van der Waals surface area contributed by atoms with Crippen LogP contribution in [-0.2, 0) is 0 Å². The van der Waals surface area contributed by atoms with Crippen LogP contribution in [0.25, 0.3) is 13.2 Å². The zero-order valence-corrected chi connectivity index (χ0v) is 11.0. The van der Waals surface area contributed by atoms with Crippen LogP contribution in [0.3, 0.4) is 0 Å². The van der Waals surface area contributed by atoms with Crippen molar-refractivity contribution in [2.45, 2.75) is 6.92 Å². The highest BCUT2D eigenvalue weighted by atomic mass is 14.9. The molecule has 0 aliphatic rings. The average Bonchev–Trinajstić information content (AvgIpc) is 2.47. The molecule has 2 aromatic heterocycles. The van der Waals surface area contributed by atoms with Crippen LogP contribution >= 0.6 is 0 Å². The molecule has 0 saturated carbocycles. The minimum atomic E-state index is -0.139. The van der Waals surface area contributed by atoms with Gasteiger partial charge in [-0.2, -0.15) is 15.8 Å². The summed E-state index contributed by atoms with van der Waals surface area (Å²) in [6.07, 6.45) is 0. The Bertz CT molecular complexity index is 1070. The van der Waals surface area contributed by atoms with Gasteiger partial charge in [-0.15, -0.1) is 0 Å². The van der Waals surface area contributed by atoms with Gasteiger partial charge in [0.25, 0.3) is 0 Å². The van der Waals surface area contributed by atoms with E-state index in [2.05, 4.69) is 33.1 Å². The number of nitrogens with zero attached hydrogens (tertiary/aromatic N) is 7. The van der Waals surface area contributed by atoms with Gasteiger partial charge in [0.15, 0.2) is 17.1 Å². The van der Waals surface area contributed by atoms with Gasteiger partial charge in [-0.05, 0) is 6.92 Å². The number of hydrogen-bond acceptors (Lipinski definition) is 7. The molecule has 2 rings (SSSR count). The zero-order valence-electron chi connectivity index (χ0n) is 11.0. The fraction of sp³-hybridized carbons (Fsp3) is 0.0714. The lowest BCUT2D eigenvalue weighted by Gasteiger charge is -1.97. The van der Waals surface area contributed by atoms with Gasteiger partial charge in [0, 0.05) is 0 Å². The van der Waals surface area contributed by atoms with Gasteiger partial charge in [0.1, 0.15) is 28.9 Å². The molecule has 7 nitrogen and oxygen atoms in total. The van der Waals surface area contributed by atoms with Crippen LogP contribution in [0.5, 0.6) is 0 Å². The van der Waals surface area contributed by atoms with E-state index in [4.69, 9.17) is 15.8 Å². The molecule has 0 N–H and O–H groups in total. The van der Waals surface area contributed by atoms with Crippen molar-refractivity contribution in [2.24, 2.45) is 0 Å². The Morgan fingerprint density at radius 1 is 0.714 bits per heavy atom. The Balaban J connectivity index is 3.15. The summed E-state index contributed by atoms with van der Waals surface area (Å²) in [5.41, 5.74) is 0.318. The van der Waals surface area contributed by atoms with Crippen LogP contribution in [-0.4, -0.2) is 19.9 Å². The molecule has 0 saturated heterocycles. The number of nitriles is 3. The SMILES string of the molecule is C=c1nc(C)c(C#N)n/c1=c1\nc(C#N)c(C#N)nc1=C. The first kappa shape index (κ1) is 13.8. The quantitative estimate of drug-likeness (QED) is 0.621. The third-order valence-electron chi connectivity index (χ3n) is 2.65. The minimum absolute atomic E-state index is 0.113. The molecule has 0 amide bonds. The van der Waals surface area contributed by atoms with E-state index >= 15 is 0 Å². The molecule has 7 heteroatoms. The summed E-state index contributed by atoms with van der Waals surface area (Å²) in [7, 11) is 0. The fourth-order valence-corrected chi connectivity index (χ4v) is 1.68. The molecule has 0 aromatic carbocycles. The van der Waals surface area contributed by atoms with Gasteiger partial charge in [-0.3, -0.25) is 0 Å². The van der Waals surface area contributed by atoms with E-state index in [-0.39, 0.29) is 33.1 Å². The molecule has 0 unspecified atom stereocenters. The van der Waals surface area contributed by atoms with E-state index in [0.29, 0.717) is 11.0 Å². The van der Waals surface area contributed by atoms with Crippen molar-refractivity contribution in [3.8, 4) is 18.2 Å². The molecule has 0 aliphatic heterocycles. The number of aryl methyl sites for hydroxylation is 1. The molecular formula is C14H7N7. The Morgan fingerprint density at radius 3 is 1.67 bits per heavy atom. The molecule has 21 heavy (non-hydrogen) atoms. The van der Waals surface area contributed by atoms with Crippen molar-refractivity contribution in [2.75, 3.05) is 0 Å². The van der Waals surface area contributed by atoms with Crippen LogP contribution < -0.4 is 10.7 Å². The van der Waals surface area contributed by atoms with Gasteiger partial charge < -0.3 is 0 Å². The van der Waals surface area contributed by atoms with Gasteiger partial charge in [0.2, 0.25) is 0 Å². The number of rotatable bonds is 0. The van der Waals surface area contributed by atoms with Gasteiger partial charge >= 0.3 is 0 Å². The highest BCUT2D eigenvalue weighted by Crippen LogP contribution is 1.97. The molecule has 0 atom stereocenters. The first-order chi connectivity index (χ1) is 10.0. The topological polar surface area (TPSA) is 123 Å². The summed E-state index contributed by atoms with van der Waals surface area (Å²) in [4.78, 5) is 16.2. The molecule has 2 aromatic rings. The van der Waals surface area contributed by atoms with Crippen molar-refractivity contribution in [1.29, 1.82) is 15.8 Å².